The summed E-state index contributed by atoms with van der Waals surface area (Å²) in [6.07, 6.45) is -3.33. The lowest BCUT2D eigenvalue weighted by molar-refractivity contribution is -0.318. The first-order chi connectivity index (χ1) is 19.1. The lowest BCUT2D eigenvalue weighted by Gasteiger charge is -2.45. The Balaban J connectivity index is 1.48. The van der Waals surface area contributed by atoms with E-state index in [1.807, 2.05) is 91.0 Å². The molecule has 8 nitrogen and oxygen atoms in total. The second-order valence-corrected chi connectivity index (χ2v) is 11.5. The van der Waals surface area contributed by atoms with Crippen molar-refractivity contribution in [1.29, 1.82) is 0 Å². The number of hydrogen-bond donors (Lipinski definition) is 0. The van der Waals surface area contributed by atoms with E-state index in [1.165, 1.54) is 0 Å². The van der Waals surface area contributed by atoms with Crippen LogP contribution < -0.4 is 0 Å². The summed E-state index contributed by atoms with van der Waals surface area (Å²) in [5.74, 6) is -0.964. The molecule has 3 aromatic carbocycles. The Kier molecular flexibility index (Phi) is 9.61. The van der Waals surface area contributed by atoms with E-state index in [0.717, 1.165) is 11.1 Å². The Morgan fingerprint density at radius 3 is 1.92 bits per heavy atom. The van der Waals surface area contributed by atoms with Crippen molar-refractivity contribution in [3.8, 4) is 0 Å². The summed E-state index contributed by atoms with van der Waals surface area (Å²) in [5, 5.41) is 0. The van der Waals surface area contributed by atoms with Gasteiger partial charge in [0.25, 0.3) is 0 Å². The monoisotopic (exact) mass is 554 g/mol. The zero-order valence-corrected chi connectivity index (χ0v) is 23.1. The van der Waals surface area contributed by atoms with E-state index in [-0.39, 0.29) is 13.2 Å². The van der Waals surface area contributed by atoms with Crippen molar-refractivity contribution in [3.63, 3.8) is 0 Å². The van der Waals surface area contributed by atoms with Gasteiger partial charge in [0.1, 0.15) is 24.4 Å². The molecule has 3 aromatic rings. The molecule has 7 atom stereocenters. The van der Waals surface area contributed by atoms with Crippen LogP contribution in [0.1, 0.15) is 29.5 Å². The topological polar surface area (TPSA) is 81.7 Å². The van der Waals surface area contributed by atoms with Crippen molar-refractivity contribution in [2.24, 2.45) is 0 Å². The largest absolute Gasteiger partial charge is 0.368 e. The molecule has 2 aliphatic rings. The van der Waals surface area contributed by atoms with Crippen LogP contribution in [0.2, 0.25) is 0 Å². The van der Waals surface area contributed by atoms with Gasteiger partial charge in [-0.15, -0.1) is 0 Å². The van der Waals surface area contributed by atoms with Gasteiger partial charge in [-0.05, 0) is 23.6 Å². The Bertz CT molecular complexity index is 1200. The quantitative estimate of drug-likeness (QED) is 0.288. The number of methoxy groups -OCH3 is 1. The molecule has 39 heavy (non-hydrogen) atoms. The molecule has 208 valence electrons. The predicted octanol–water partition coefficient (Wildman–Crippen LogP) is 5.87. The molecule has 2 aliphatic heterocycles. The van der Waals surface area contributed by atoms with E-state index in [9.17, 15) is 4.57 Å². The number of rotatable bonds is 10. The zero-order chi connectivity index (χ0) is 27.1. The average Bonchev–Trinajstić information content (AvgIpc) is 3.12. The van der Waals surface area contributed by atoms with Crippen LogP contribution in [0, 0.1) is 0 Å². The fourth-order valence-electron chi connectivity index (χ4n) is 4.90. The minimum Gasteiger partial charge on any atom is -0.368 e. The van der Waals surface area contributed by atoms with Crippen LogP contribution in [-0.2, 0) is 50.5 Å². The molecule has 2 saturated heterocycles. The number of benzene rings is 3. The molecule has 2 unspecified atom stereocenters. The highest BCUT2D eigenvalue weighted by atomic mass is 31.2. The summed E-state index contributed by atoms with van der Waals surface area (Å²) < 4.78 is 57.4. The van der Waals surface area contributed by atoms with Crippen molar-refractivity contribution >= 4 is 7.60 Å². The van der Waals surface area contributed by atoms with Crippen LogP contribution in [0.5, 0.6) is 0 Å². The highest BCUT2D eigenvalue weighted by molar-refractivity contribution is 7.54. The molecule has 2 fully saturated rings. The normalized spacial score (nSPS) is 30.8. The molecule has 0 saturated carbocycles. The van der Waals surface area contributed by atoms with Crippen molar-refractivity contribution in [2.45, 2.75) is 56.7 Å². The Labute approximate surface area is 229 Å². The molecule has 0 aromatic heterocycles. The summed E-state index contributed by atoms with van der Waals surface area (Å²) >= 11 is 0. The standard InChI is InChI=1S/C30H35O8P/c1-3-35-39(31)30(24-17-11-6-12-18-24)38-26-25(21-36-39)37-29(32-2)28(34-20-23-15-9-5-10-16-23)27(26)33-19-22-13-7-4-8-14-22/h4-18,25-30H,3,19-21H2,1-2H3/t25-,26-,27+,28-,29+,30?,39?/m1/s1. The SMILES string of the molecule is CCOP1(=O)OC[C@H]2O[C@H](OC)[C@H](OCc3ccccc3)[C@@H](OCc3ccccc3)[C@@H]2OC1c1ccccc1. The first-order valence-corrected chi connectivity index (χ1v) is 14.8. The summed E-state index contributed by atoms with van der Waals surface area (Å²) in [4.78, 5) is 0. The lowest BCUT2D eigenvalue weighted by atomic mass is 9.98. The lowest BCUT2D eigenvalue weighted by Crippen LogP contribution is -2.61. The first kappa shape index (κ1) is 28.1. The molecule has 0 N–H and O–H groups in total. The van der Waals surface area contributed by atoms with E-state index in [2.05, 4.69) is 0 Å². The molecule has 0 spiro atoms. The van der Waals surface area contributed by atoms with Crippen LogP contribution in [0.15, 0.2) is 91.0 Å². The van der Waals surface area contributed by atoms with Gasteiger partial charge in [0.15, 0.2) is 12.1 Å². The van der Waals surface area contributed by atoms with Crippen LogP contribution >= 0.6 is 7.60 Å². The third-order valence-corrected chi connectivity index (χ3v) is 8.90. The first-order valence-electron chi connectivity index (χ1n) is 13.2. The van der Waals surface area contributed by atoms with Gasteiger partial charge >= 0.3 is 7.60 Å². The second-order valence-electron chi connectivity index (χ2n) is 9.42. The van der Waals surface area contributed by atoms with Crippen molar-refractivity contribution in [3.05, 3.63) is 108 Å². The second kappa shape index (κ2) is 13.3. The van der Waals surface area contributed by atoms with Gasteiger partial charge in [0, 0.05) is 7.11 Å². The van der Waals surface area contributed by atoms with Gasteiger partial charge in [0.2, 0.25) is 0 Å². The Hall–Kier alpha value is -2.39. The maximum atomic E-state index is 14.0. The van der Waals surface area contributed by atoms with Gasteiger partial charge < -0.3 is 32.7 Å². The molecular formula is C30H35O8P. The van der Waals surface area contributed by atoms with Crippen LogP contribution in [0.3, 0.4) is 0 Å². The predicted molar refractivity (Wildman–Crippen MR) is 145 cm³/mol. The summed E-state index contributed by atoms with van der Waals surface area (Å²) in [6, 6.07) is 29.1. The van der Waals surface area contributed by atoms with Gasteiger partial charge in [-0.1, -0.05) is 91.0 Å². The fourth-order valence-corrected chi connectivity index (χ4v) is 6.78. The molecule has 2 heterocycles. The third kappa shape index (κ3) is 6.68. The average molecular weight is 555 g/mol. The van der Waals surface area contributed by atoms with Gasteiger partial charge in [-0.2, -0.15) is 0 Å². The molecule has 9 heteroatoms. The maximum Gasteiger partial charge on any atom is 0.363 e. The van der Waals surface area contributed by atoms with E-state index in [0.29, 0.717) is 18.8 Å². The maximum absolute atomic E-state index is 14.0. The van der Waals surface area contributed by atoms with E-state index >= 15 is 0 Å². The molecule has 5 rings (SSSR count). The van der Waals surface area contributed by atoms with E-state index in [4.69, 9.17) is 32.7 Å². The van der Waals surface area contributed by atoms with Crippen molar-refractivity contribution in [2.75, 3.05) is 20.3 Å². The summed E-state index contributed by atoms with van der Waals surface area (Å²) in [6.45, 7) is 2.62. The summed E-state index contributed by atoms with van der Waals surface area (Å²) in [5.41, 5.74) is 2.69. The van der Waals surface area contributed by atoms with Gasteiger partial charge in [-0.25, -0.2) is 0 Å². The molecule has 0 aliphatic carbocycles. The molecular weight excluding hydrogens is 519 g/mol. The number of hydrogen-bond acceptors (Lipinski definition) is 8. The molecule has 0 amide bonds. The third-order valence-electron chi connectivity index (χ3n) is 6.78. The smallest absolute Gasteiger partial charge is 0.363 e. The highest BCUT2D eigenvalue weighted by Crippen LogP contribution is 2.63. The van der Waals surface area contributed by atoms with Gasteiger partial charge in [-0.3, -0.25) is 4.57 Å². The zero-order valence-electron chi connectivity index (χ0n) is 22.2. The Morgan fingerprint density at radius 2 is 1.36 bits per heavy atom. The van der Waals surface area contributed by atoms with Crippen molar-refractivity contribution < 1.29 is 37.3 Å². The molecule has 0 radical (unpaired) electrons. The van der Waals surface area contributed by atoms with Gasteiger partial charge in [0.05, 0.1) is 26.4 Å². The number of ether oxygens (including phenoxy) is 5. The van der Waals surface area contributed by atoms with E-state index < -0.39 is 44.1 Å². The van der Waals surface area contributed by atoms with Crippen LogP contribution in [0.25, 0.3) is 0 Å². The Morgan fingerprint density at radius 1 is 0.795 bits per heavy atom. The van der Waals surface area contributed by atoms with Crippen molar-refractivity contribution in [1.82, 2.24) is 0 Å². The van der Waals surface area contributed by atoms with E-state index in [1.54, 1.807) is 14.0 Å². The minimum atomic E-state index is -3.72. The fraction of sp³-hybridized carbons (Fsp3) is 0.400. The van der Waals surface area contributed by atoms with Crippen LogP contribution in [-0.4, -0.2) is 51.0 Å². The molecule has 0 bridgehead atoms. The number of fused-ring (bicyclic) bond motifs is 1. The minimum absolute atomic E-state index is 0.0122. The highest BCUT2D eigenvalue weighted by Gasteiger charge is 2.54. The summed E-state index contributed by atoms with van der Waals surface area (Å²) in [7, 11) is -2.15. The van der Waals surface area contributed by atoms with Crippen LogP contribution in [0.4, 0.5) is 0 Å².